The van der Waals surface area contributed by atoms with Crippen LogP contribution in [-0.4, -0.2) is 39.8 Å². The third kappa shape index (κ3) is 6.65. The Bertz CT molecular complexity index is 666. The summed E-state index contributed by atoms with van der Waals surface area (Å²) in [6, 6.07) is 6.50. The highest BCUT2D eigenvalue weighted by molar-refractivity contribution is 7.89. The third-order valence-electron chi connectivity index (χ3n) is 2.71. The van der Waals surface area contributed by atoms with Crippen LogP contribution in [0.2, 0.25) is 0 Å². The Balaban J connectivity index is 3.06. The lowest BCUT2D eigenvalue weighted by molar-refractivity contribution is -0.146. The lowest BCUT2D eigenvalue weighted by Crippen LogP contribution is -2.18. The first-order valence-corrected chi connectivity index (χ1v) is 9.15. The predicted molar refractivity (Wildman–Crippen MR) is 86.2 cm³/mol. The van der Waals surface area contributed by atoms with Gasteiger partial charge in [-0.2, -0.15) is 0 Å². The summed E-state index contributed by atoms with van der Waals surface area (Å²) in [7, 11) is -3.12. The largest absolute Gasteiger partial charge is 0.462 e. The molecule has 0 saturated heterocycles. The zero-order valence-electron chi connectivity index (χ0n) is 13.4. The van der Waals surface area contributed by atoms with Crippen LogP contribution in [0.15, 0.2) is 29.8 Å². The number of carbonyl (C=O) groups is 2. The molecular weight excluding hydrogens is 320 g/mol. The van der Waals surface area contributed by atoms with Gasteiger partial charge in [-0.25, -0.2) is 18.0 Å². The molecule has 0 bridgehead atoms. The van der Waals surface area contributed by atoms with Crippen molar-refractivity contribution in [3.8, 4) is 0 Å². The standard InChI is InChI=1S/C16H20O6S/c1-4-21-15(17)14(16(18)22-5-2)10-12-6-8-13(9-7-12)11-23(3,19)20/h6-10H,4-5,11H2,1-3H3. The van der Waals surface area contributed by atoms with E-state index in [9.17, 15) is 18.0 Å². The van der Waals surface area contributed by atoms with Gasteiger partial charge in [-0.05, 0) is 31.1 Å². The predicted octanol–water partition coefficient (Wildman–Crippen LogP) is 1.74. The van der Waals surface area contributed by atoms with Crippen LogP contribution in [0.25, 0.3) is 6.08 Å². The van der Waals surface area contributed by atoms with Crippen molar-refractivity contribution >= 4 is 27.9 Å². The Morgan fingerprint density at radius 2 is 1.48 bits per heavy atom. The summed E-state index contributed by atoms with van der Waals surface area (Å²) in [6.07, 6.45) is 2.51. The van der Waals surface area contributed by atoms with Crippen LogP contribution >= 0.6 is 0 Å². The molecule has 1 rings (SSSR count). The molecule has 0 unspecified atom stereocenters. The zero-order valence-corrected chi connectivity index (χ0v) is 14.2. The van der Waals surface area contributed by atoms with Crippen molar-refractivity contribution in [2.45, 2.75) is 19.6 Å². The van der Waals surface area contributed by atoms with Gasteiger partial charge in [-0.1, -0.05) is 24.3 Å². The minimum atomic E-state index is -3.12. The molecule has 0 aliphatic heterocycles. The molecule has 0 spiro atoms. The van der Waals surface area contributed by atoms with Gasteiger partial charge in [0.25, 0.3) is 0 Å². The summed E-state index contributed by atoms with van der Waals surface area (Å²) in [4.78, 5) is 23.7. The van der Waals surface area contributed by atoms with Crippen molar-refractivity contribution in [2.75, 3.05) is 19.5 Å². The molecule has 0 N–H and O–H groups in total. The van der Waals surface area contributed by atoms with Crippen molar-refractivity contribution in [3.63, 3.8) is 0 Å². The molecule has 0 amide bonds. The number of rotatable bonds is 7. The Labute approximate surface area is 136 Å². The summed E-state index contributed by atoms with van der Waals surface area (Å²) in [5.41, 5.74) is 0.987. The summed E-state index contributed by atoms with van der Waals surface area (Å²) >= 11 is 0. The maximum absolute atomic E-state index is 11.8. The zero-order chi connectivity index (χ0) is 17.5. The molecule has 23 heavy (non-hydrogen) atoms. The SMILES string of the molecule is CCOC(=O)C(=Cc1ccc(CS(C)(=O)=O)cc1)C(=O)OCC. The first kappa shape index (κ1) is 18.9. The number of hydrogen-bond donors (Lipinski definition) is 0. The highest BCUT2D eigenvalue weighted by Crippen LogP contribution is 2.13. The minimum absolute atomic E-state index is 0.0698. The van der Waals surface area contributed by atoms with Crippen molar-refractivity contribution in [1.82, 2.24) is 0 Å². The average Bonchev–Trinajstić information content (AvgIpc) is 2.45. The number of sulfone groups is 1. The summed E-state index contributed by atoms with van der Waals surface area (Å²) in [5.74, 6) is -1.59. The van der Waals surface area contributed by atoms with E-state index in [1.807, 2.05) is 0 Å². The molecule has 0 radical (unpaired) electrons. The van der Waals surface area contributed by atoms with Gasteiger partial charge in [-0.15, -0.1) is 0 Å². The summed E-state index contributed by atoms with van der Waals surface area (Å²) in [5, 5.41) is 0. The van der Waals surface area contributed by atoms with Crippen LogP contribution in [0.4, 0.5) is 0 Å². The van der Waals surface area contributed by atoms with Crippen molar-refractivity contribution in [2.24, 2.45) is 0 Å². The Hall–Kier alpha value is -2.15. The fourth-order valence-corrected chi connectivity index (χ4v) is 2.60. The van der Waals surface area contributed by atoms with Crippen LogP contribution < -0.4 is 0 Å². The highest BCUT2D eigenvalue weighted by atomic mass is 32.2. The molecule has 0 aliphatic carbocycles. The van der Waals surface area contributed by atoms with E-state index in [4.69, 9.17) is 9.47 Å². The molecule has 0 atom stereocenters. The van der Waals surface area contributed by atoms with Crippen molar-refractivity contribution < 1.29 is 27.5 Å². The molecule has 0 aromatic heterocycles. The molecule has 0 heterocycles. The highest BCUT2D eigenvalue weighted by Gasteiger charge is 2.20. The van der Waals surface area contributed by atoms with Gasteiger partial charge in [-0.3, -0.25) is 0 Å². The topological polar surface area (TPSA) is 86.7 Å². The Morgan fingerprint density at radius 3 is 1.87 bits per heavy atom. The maximum atomic E-state index is 11.8. The van der Waals surface area contributed by atoms with E-state index >= 15 is 0 Å². The van der Waals surface area contributed by atoms with Crippen LogP contribution in [0.5, 0.6) is 0 Å². The molecule has 0 fully saturated rings. The molecule has 6 nitrogen and oxygen atoms in total. The van der Waals surface area contributed by atoms with E-state index < -0.39 is 21.8 Å². The van der Waals surface area contributed by atoms with E-state index in [1.54, 1.807) is 38.1 Å². The monoisotopic (exact) mass is 340 g/mol. The average molecular weight is 340 g/mol. The molecular formula is C16H20O6S. The second-order valence-electron chi connectivity index (χ2n) is 4.81. The molecule has 7 heteroatoms. The number of carbonyl (C=O) groups excluding carboxylic acids is 2. The second kappa shape index (κ2) is 8.47. The van der Waals surface area contributed by atoms with Crippen molar-refractivity contribution in [3.05, 3.63) is 41.0 Å². The van der Waals surface area contributed by atoms with Gasteiger partial charge in [0.1, 0.15) is 5.57 Å². The maximum Gasteiger partial charge on any atom is 0.345 e. The normalized spacial score (nSPS) is 10.7. The summed E-state index contributed by atoms with van der Waals surface area (Å²) < 4.78 is 32.2. The molecule has 1 aromatic carbocycles. The molecule has 0 saturated carbocycles. The van der Waals surface area contributed by atoms with Gasteiger partial charge in [0.2, 0.25) is 0 Å². The van der Waals surface area contributed by atoms with E-state index in [2.05, 4.69) is 0 Å². The number of esters is 2. The quantitative estimate of drug-likeness (QED) is 0.325. The van der Waals surface area contributed by atoms with E-state index in [0.29, 0.717) is 11.1 Å². The van der Waals surface area contributed by atoms with Crippen LogP contribution in [-0.2, 0) is 34.7 Å². The first-order valence-electron chi connectivity index (χ1n) is 7.09. The number of ether oxygens (including phenoxy) is 2. The second-order valence-corrected chi connectivity index (χ2v) is 6.95. The lowest BCUT2D eigenvalue weighted by Gasteiger charge is -2.07. The smallest absolute Gasteiger partial charge is 0.345 e. The van der Waals surface area contributed by atoms with E-state index in [0.717, 1.165) is 6.26 Å². The third-order valence-corrected chi connectivity index (χ3v) is 3.57. The Morgan fingerprint density at radius 1 is 1.00 bits per heavy atom. The van der Waals surface area contributed by atoms with Gasteiger partial charge >= 0.3 is 11.9 Å². The van der Waals surface area contributed by atoms with Crippen LogP contribution in [0.1, 0.15) is 25.0 Å². The number of benzene rings is 1. The van der Waals surface area contributed by atoms with Crippen LogP contribution in [0, 0.1) is 0 Å². The van der Waals surface area contributed by atoms with Gasteiger partial charge in [0.05, 0.1) is 19.0 Å². The Kier molecular flexibility index (Phi) is 6.96. The minimum Gasteiger partial charge on any atom is -0.462 e. The van der Waals surface area contributed by atoms with Gasteiger partial charge in [0.15, 0.2) is 9.84 Å². The van der Waals surface area contributed by atoms with Gasteiger partial charge in [0, 0.05) is 6.26 Å². The first-order chi connectivity index (χ1) is 10.8. The van der Waals surface area contributed by atoms with Gasteiger partial charge < -0.3 is 9.47 Å². The fourth-order valence-electron chi connectivity index (χ4n) is 1.80. The van der Waals surface area contributed by atoms with E-state index in [1.165, 1.54) is 6.08 Å². The van der Waals surface area contributed by atoms with Crippen LogP contribution in [0.3, 0.4) is 0 Å². The number of hydrogen-bond acceptors (Lipinski definition) is 6. The lowest BCUT2D eigenvalue weighted by atomic mass is 10.1. The molecule has 0 aliphatic rings. The van der Waals surface area contributed by atoms with Crippen molar-refractivity contribution in [1.29, 1.82) is 0 Å². The molecule has 126 valence electrons. The fraction of sp³-hybridized carbons (Fsp3) is 0.375. The van der Waals surface area contributed by atoms with E-state index in [-0.39, 0.29) is 24.5 Å². The summed E-state index contributed by atoms with van der Waals surface area (Å²) in [6.45, 7) is 3.56. The molecule has 1 aromatic rings.